The summed E-state index contributed by atoms with van der Waals surface area (Å²) >= 11 is 0. The first-order valence-electron chi connectivity index (χ1n) is 9.94. The second kappa shape index (κ2) is 8.33. The van der Waals surface area contributed by atoms with Gasteiger partial charge >= 0.3 is 0 Å². The molecule has 1 fully saturated rings. The summed E-state index contributed by atoms with van der Waals surface area (Å²) in [6.07, 6.45) is 4.29. The normalized spacial score (nSPS) is 15.8. The molecule has 1 aliphatic heterocycles. The molecule has 0 aliphatic carbocycles. The van der Waals surface area contributed by atoms with Crippen molar-refractivity contribution >= 4 is 17.3 Å². The number of aliphatic imine (C=N–C) groups is 1. The Morgan fingerprint density at radius 1 is 1.11 bits per heavy atom. The number of pyridine rings is 1. The summed E-state index contributed by atoms with van der Waals surface area (Å²) < 4.78 is 2.12. The van der Waals surface area contributed by atoms with Gasteiger partial charge in [-0.3, -0.25) is 4.99 Å². The summed E-state index contributed by atoms with van der Waals surface area (Å²) in [5.41, 5.74) is 4.48. The van der Waals surface area contributed by atoms with Crippen molar-refractivity contribution in [2.75, 3.05) is 25.0 Å². The lowest BCUT2D eigenvalue weighted by Crippen LogP contribution is -2.48. The number of hydrogen-bond donors (Lipinski definition) is 2. The molecule has 146 valence electrons. The first-order valence-corrected chi connectivity index (χ1v) is 9.94. The van der Waals surface area contributed by atoms with Gasteiger partial charge in [0, 0.05) is 43.8 Å². The average Bonchev–Trinajstić information content (AvgIpc) is 3.17. The summed E-state index contributed by atoms with van der Waals surface area (Å²) in [7, 11) is 1.82. The average molecular weight is 377 g/mol. The molecule has 6 heteroatoms. The zero-order valence-corrected chi connectivity index (χ0v) is 16.6. The minimum absolute atomic E-state index is 0.439. The third-order valence-electron chi connectivity index (χ3n) is 5.36. The zero-order chi connectivity index (χ0) is 19.3. The fraction of sp³-hybridized carbons (Fsp3) is 0.364. The lowest BCUT2D eigenvalue weighted by molar-refractivity contribution is 0.461. The van der Waals surface area contributed by atoms with Gasteiger partial charge in [0.15, 0.2) is 5.96 Å². The summed E-state index contributed by atoms with van der Waals surface area (Å²) in [6, 6.07) is 17.2. The minimum Gasteiger partial charge on any atom is -0.371 e. The van der Waals surface area contributed by atoms with Crippen LogP contribution in [0.4, 0.5) is 5.69 Å². The van der Waals surface area contributed by atoms with E-state index in [0.29, 0.717) is 12.6 Å². The highest BCUT2D eigenvalue weighted by Gasteiger charge is 2.20. The van der Waals surface area contributed by atoms with Gasteiger partial charge in [0.2, 0.25) is 0 Å². The van der Waals surface area contributed by atoms with E-state index < -0.39 is 0 Å². The molecule has 1 saturated heterocycles. The maximum absolute atomic E-state index is 4.68. The smallest absolute Gasteiger partial charge is 0.191 e. The first kappa shape index (κ1) is 18.3. The van der Waals surface area contributed by atoms with Gasteiger partial charge in [-0.15, -0.1) is 0 Å². The Labute approximate surface area is 166 Å². The van der Waals surface area contributed by atoms with Gasteiger partial charge in [0.1, 0.15) is 5.65 Å². The van der Waals surface area contributed by atoms with Crippen LogP contribution in [0.15, 0.2) is 59.7 Å². The molecular weight excluding hydrogens is 348 g/mol. The van der Waals surface area contributed by atoms with E-state index >= 15 is 0 Å². The molecule has 0 spiro atoms. The molecule has 0 amide bonds. The van der Waals surface area contributed by atoms with E-state index in [9.17, 15) is 0 Å². The number of anilines is 1. The van der Waals surface area contributed by atoms with E-state index in [-0.39, 0.29) is 0 Å². The quantitative estimate of drug-likeness (QED) is 0.543. The van der Waals surface area contributed by atoms with Crippen LogP contribution in [0.1, 0.15) is 24.2 Å². The van der Waals surface area contributed by atoms with Gasteiger partial charge in [0.05, 0.1) is 12.2 Å². The maximum atomic E-state index is 4.68. The summed E-state index contributed by atoms with van der Waals surface area (Å²) in [6.45, 7) is 4.87. The van der Waals surface area contributed by atoms with Crippen LogP contribution in [0.5, 0.6) is 0 Å². The van der Waals surface area contributed by atoms with Gasteiger partial charge in [0.25, 0.3) is 0 Å². The Morgan fingerprint density at radius 2 is 1.89 bits per heavy atom. The number of fused-ring (bicyclic) bond motifs is 1. The molecule has 0 bridgehead atoms. The van der Waals surface area contributed by atoms with Crippen LogP contribution in [0.25, 0.3) is 5.65 Å². The number of rotatable bonds is 4. The van der Waals surface area contributed by atoms with Crippen molar-refractivity contribution in [3.63, 3.8) is 0 Å². The van der Waals surface area contributed by atoms with Crippen LogP contribution < -0.4 is 15.5 Å². The van der Waals surface area contributed by atoms with E-state index in [1.54, 1.807) is 0 Å². The number of nitrogens with one attached hydrogen (secondary N) is 2. The van der Waals surface area contributed by atoms with Gasteiger partial charge in [-0.1, -0.05) is 24.3 Å². The fourth-order valence-corrected chi connectivity index (χ4v) is 3.77. The number of aryl methyl sites for hydroxylation is 1. The number of aromatic nitrogens is 2. The van der Waals surface area contributed by atoms with E-state index in [0.717, 1.165) is 43.2 Å². The van der Waals surface area contributed by atoms with Crippen molar-refractivity contribution in [1.82, 2.24) is 20.0 Å². The highest BCUT2D eigenvalue weighted by Crippen LogP contribution is 2.19. The van der Waals surface area contributed by atoms with Crippen molar-refractivity contribution in [3.8, 4) is 0 Å². The zero-order valence-electron chi connectivity index (χ0n) is 16.6. The number of hydrogen-bond acceptors (Lipinski definition) is 3. The predicted molar refractivity (Wildman–Crippen MR) is 115 cm³/mol. The van der Waals surface area contributed by atoms with Crippen LogP contribution in [-0.4, -0.2) is 41.5 Å². The summed E-state index contributed by atoms with van der Waals surface area (Å²) in [5.74, 6) is 0.840. The van der Waals surface area contributed by atoms with Crippen molar-refractivity contribution in [1.29, 1.82) is 0 Å². The lowest BCUT2D eigenvalue weighted by atomic mass is 10.0. The van der Waals surface area contributed by atoms with E-state index in [4.69, 9.17) is 0 Å². The number of piperidine rings is 1. The Kier molecular flexibility index (Phi) is 5.46. The lowest BCUT2D eigenvalue weighted by Gasteiger charge is -2.34. The molecule has 3 aromatic rings. The van der Waals surface area contributed by atoms with Crippen molar-refractivity contribution < 1.29 is 0 Å². The fourth-order valence-electron chi connectivity index (χ4n) is 3.77. The first-order chi connectivity index (χ1) is 13.7. The SMILES string of the molecule is CN=C(NCc1cn2c(C)cccc2n1)NC1CCN(c2ccccc2)CC1. The van der Waals surface area contributed by atoms with Gasteiger partial charge in [-0.25, -0.2) is 4.98 Å². The van der Waals surface area contributed by atoms with Crippen molar-refractivity contribution in [2.24, 2.45) is 4.99 Å². The standard InChI is InChI=1S/C22H28N6/c1-17-7-6-10-21-25-19(16-28(17)21)15-24-22(23-2)26-18-11-13-27(14-12-18)20-8-4-3-5-9-20/h3-10,16,18H,11-15H2,1-2H3,(H2,23,24,26). The van der Waals surface area contributed by atoms with Crippen LogP contribution in [0, 0.1) is 6.92 Å². The Bertz CT molecular complexity index is 938. The molecule has 28 heavy (non-hydrogen) atoms. The Hall–Kier alpha value is -3.02. The van der Waals surface area contributed by atoms with Gasteiger partial charge in [-0.2, -0.15) is 0 Å². The second-order valence-corrected chi connectivity index (χ2v) is 7.29. The molecule has 2 aromatic heterocycles. The summed E-state index contributed by atoms with van der Waals surface area (Å²) in [5, 5.41) is 6.98. The van der Waals surface area contributed by atoms with Crippen LogP contribution in [0.3, 0.4) is 0 Å². The molecule has 0 radical (unpaired) electrons. The van der Waals surface area contributed by atoms with Crippen molar-refractivity contribution in [2.45, 2.75) is 32.4 Å². The third kappa shape index (κ3) is 4.11. The molecular formula is C22H28N6. The van der Waals surface area contributed by atoms with E-state index in [1.807, 2.05) is 19.2 Å². The molecule has 0 saturated carbocycles. The molecule has 6 nitrogen and oxygen atoms in total. The number of nitrogens with zero attached hydrogens (tertiary/aromatic N) is 4. The molecule has 0 unspecified atom stereocenters. The van der Waals surface area contributed by atoms with Crippen LogP contribution >= 0.6 is 0 Å². The van der Waals surface area contributed by atoms with Gasteiger partial charge in [-0.05, 0) is 44.0 Å². The topological polar surface area (TPSA) is 57.0 Å². The van der Waals surface area contributed by atoms with Gasteiger partial charge < -0.3 is 19.9 Å². The predicted octanol–water partition coefficient (Wildman–Crippen LogP) is 2.98. The Balaban J connectivity index is 1.30. The third-order valence-corrected chi connectivity index (χ3v) is 5.36. The van der Waals surface area contributed by atoms with Crippen molar-refractivity contribution in [3.05, 3.63) is 66.1 Å². The number of benzene rings is 1. The molecule has 4 rings (SSSR count). The highest BCUT2D eigenvalue weighted by atomic mass is 15.2. The van der Waals surface area contributed by atoms with E-state index in [1.165, 1.54) is 11.4 Å². The maximum Gasteiger partial charge on any atom is 0.191 e. The van der Waals surface area contributed by atoms with Crippen LogP contribution in [0.2, 0.25) is 0 Å². The molecule has 1 aliphatic rings. The number of guanidine groups is 1. The van der Waals surface area contributed by atoms with Crippen LogP contribution in [-0.2, 0) is 6.54 Å². The monoisotopic (exact) mass is 376 g/mol. The second-order valence-electron chi connectivity index (χ2n) is 7.29. The molecule has 1 aromatic carbocycles. The number of imidazole rings is 1. The molecule has 0 atom stereocenters. The highest BCUT2D eigenvalue weighted by molar-refractivity contribution is 5.80. The summed E-state index contributed by atoms with van der Waals surface area (Å²) in [4.78, 5) is 11.5. The number of para-hydroxylation sites is 1. The van der Waals surface area contributed by atoms with E-state index in [2.05, 4.69) is 79.4 Å². The minimum atomic E-state index is 0.439. The molecule has 2 N–H and O–H groups in total. The Morgan fingerprint density at radius 3 is 2.61 bits per heavy atom. The molecule has 3 heterocycles. The largest absolute Gasteiger partial charge is 0.371 e.